The molecule has 1 aromatic heterocycles. The summed E-state index contributed by atoms with van der Waals surface area (Å²) < 4.78 is 0. The molecular formula is C18H33N3. The lowest BCUT2D eigenvalue weighted by molar-refractivity contribution is 0.424. The average Bonchev–Trinajstić information content (AvgIpc) is 2.42. The molecule has 0 aromatic carbocycles. The Kier molecular flexibility index (Phi) is 7.16. The van der Waals surface area contributed by atoms with Gasteiger partial charge in [0.2, 0.25) is 0 Å². The SMILES string of the molecule is CCCc1cc(CNC(C)(C)C)cc(N(CC)CCC)n1. The second-order valence-corrected chi connectivity index (χ2v) is 6.76. The molecule has 0 radical (unpaired) electrons. The molecule has 0 bridgehead atoms. The summed E-state index contributed by atoms with van der Waals surface area (Å²) in [6, 6.07) is 4.50. The number of rotatable bonds is 8. The van der Waals surface area contributed by atoms with Crippen molar-refractivity contribution >= 4 is 5.82 Å². The van der Waals surface area contributed by atoms with Gasteiger partial charge in [-0.05, 0) is 58.2 Å². The lowest BCUT2D eigenvalue weighted by Gasteiger charge is -2.24. The van der Waals surface area contributed by atoms with Crippen LogP contribution in [0.15, 0.2) is 12.1 Å². The minimum atomic E-state index is 0.141. The van der Waals surface area contributed by atoms with Gasteiger partial charge in [0.15, 0.2) is 0 Å². The van der Waals surface area contributed by atoms with E-state index < -0.39 is 0 Å². The van der Waals surface area contributed by atoms with Crippen LogP contribution < -0.4 is 10.2 Å². The van der Waals surface area contributed by atoms with Gasteiger partial charge in [-0.2, -0.15) is 0 Å². The van der Waals surface area contributed by atoms with Crippen LogP contribution in [-0.2, 0) is 13.0 Å². The van der Waals surface area contributed by atoms with E-state index in [4.69, 9.17) is 4.98 Å². The van der Waals surface area contributed by atoms with Crippen LogP contribution in [0.1, 0.15) is 65.6 Å². The fourth-order valence-electron chi connectivity index (χ4n) is 2.35. The van der Waals surface area contributed by atoms with E-state index in [9.17, 15) is 0 Å². The summed E-state index contributed by atoms with van der Waals surface area (Å²) in [6.07, 6.45) is 3.35. The Bertz CT molecular complexity index is 421. The zero-order valence-electron chi connectivity index (χ0n) is 14.8. The molecule has 0 atom stereocenters. The van der Waals surface area contributed by atoms with Crippen molar-refractivity contribution in [3.05, 3.63) is 23.4 Å². The number of hydrogen-bond acceptors (Lipinski definition) is 3. The number of pyridine rings is 1. The molecule has 1 rings (SSSR count). The van der Waals surface area contributed by atoms with E-state index in [1.54, 1.807) is 0 Å². The molecule has 120 valence electrons. The Morgan fingerprint density at radius 2 is 1.81 bits per heavy atom. The van der Waals surface area contributed by atoms with Gasteiger partial charge in [0.25, 0.3) is 0 Å². The monoisotopic (exact) mass is 291 g/mol. The van der Waals surface area contributed by atoms with E-state index in [-0.39, 0.29) is 5.54 Å². The molecule has 0 aliphatic rings. The average molecular weight is 291 g/mol. The molecule has 0 fully saturated rings. The molecule has 3 nitrogen and oxygen atoms in total. The van der Waals surface area contributed by atoms with Crippen LogP contribution in [0, 0.1) is 0 Å². The van der Waals surface area contributed by atoms with E-state index in [2.05, 4.69) is 63.9 Å². The Labute approximate surface area is 131 Å². The van der Waals surface area contributed by atoms with Gasteiger partial charge in [-0.15, -0.1) is 0 Å². The molecule has 3 heteroatoms. The van der Waals surface area contributed by atoms with E-state index in [0.29, 0.717) is 0 Å². The van der Waals surface area contributed by atoms with Gasteiger partial charge in [0.1, 0.15) is 5.82 Å². The van der Waals surface area contributed by atoms with Crippen molar-refractivity contribution in [2.24, 2.45) is 0 Å². The molecular weight excluding hydrogens is 258 g/mol. The first-order chi connectivity index (χ1) is 9.89. The van der Waals surface area contributed by atoms with Crippen molar-refractivity contribution in [2.75, 3.05) is 18.0 Å². The maximum Gasteiger partial charge on any atom is 0.129 e. The number of aromatic nitrogens is 1. The topological polar surface area (TPSA) is 28.2 Å². The molecule has 0 aliphatic heterocycles. The van der Waals surface area contributed by atoms with Crippen molar-refractivity contribution in [2.45, 2.75) is 72.9 Å². The maximum absolute atomic E-state index is 4.86. The summed E-state index contributed by atoms with van der Waals surface area (Å²) in [4.78, 5) is 7.23. The first-order valence-electron chi connectivity index (χ1n) is 8.39. The summed E-state index contributed by atoms with van der Waals surface area (Å²) in [6.45, 7) is 16.3. The predicted octanol–water partition coefficient (Wildman–Crippen LogP) is 4.16. The minimum absolute atomic E-state index is 0.141. The summed E-state index contributed by atoms with van der Waals surface area (Å²) in [5, 5.41) is 3.58. The summed E-state index contributed by atoms with van der Waals surface area (Å²) >= 11 is 0. The standard InChI is InChI=1S/C18H33N3/c1-7-10-16-12-15(14-19-18(4,5)6)13-17(20-16)21(9-3)11-8-2/h12-13,19H,7-11,14H2,1-6H3. The van der Waals surface area contributed by atoms with Gasteiger partial charge >= 0.3 is 0 Å². The zero-order chi connectivity index (χ0) is 15.9. The highest BCUT2D eigenvalue weighted by Crippen LogP contribution is 2.17. The predicted molar refractivity (Wildman–Crippen MR) is 93.0 cm³/mol. The van der Waals surface area contributed by atoms with Crippen LogP contribution in [0.3, 0.4) is 0 Å². The largest absolute Gasteiger partial charge is 0.357 e. The van der Waals surface area contributed by atoms with Gasteiger partial charge in [-0.25, -0.2) is 4.98 Å². The lowest BCUT2D eigenvalue weighted by Crippen LogP contribution is -2.35. The van der Waals surface area contributed by atoms with E-state index >= 15 is 0 Å². The molecule has 1 N–H and O–H groups in total. The van der Waals surface area contributed by atoms with Gasteiger partial charge in [-0.3, -0.25) is 0 Å². The lowest BCUT2D eigenvalue weighted by atomic mass is 10.1. The number of hydrogen-bond donors (Lipinski definition) is 1. The molecule has 0 saturated carbocycles. The second kappa shape index (κ2) is 8.38. The molecule has 0 amide bonds. The third-order valence-corrected chi connectivity index (χ3v) is 3.45. The highest BCUT2D eigenvalue weighted by atomic mass is 15.2. The van der Waals surface area contributed by atoms with Crippen molar-refractivity contribution in [1.82, 2.24) is 10.3 Å². The van der Waals surface area contributed by atoms with Crippen molar-refractivity contribution in [3.63, 3.8) is 0 Å². The quantitative estimate of drug-likeness (QED) is 0.779. The Morgan fingerprint density at radius 1 is 1.10 bits per heavy atom. The van der Waals surface area contributed by atoms with Gasteiger partial charge in [-0.1, -0.05) is 20.3 Å². The Morgan fingerprint density at radius 3 is 2.33 bits per heavy atom. The van der Waals surface area contributed by atoms with Crippen LogP contribution in [0.25, 0.3) is 0 Å². The van der Waals surface area contributed by atoms with Gasteiger partial charge < -0.3 is 10.2 Å². The van der Waals surface area contributed by atoms with E-state index in [1.807, 2.05) is 0 Å². The van der Waals surface area contributed by atoms with Crippen molar-refractivity contribution in [3.8, 4) is 0 Å². The molecule has 0 saturated heterocycles. The zero-order valence-corrected chi connectivity index (χ0v) is 14.8. The molecule has 0 unspecified atom stereocenters. The van der Waals surface area contributed by atoms with Crippen molar-refractivity contribution in [1.29, 1.82) is 0 Å². The number of aryl methyl sites for hydroxylation is 1. The smallest absolute Gasteiger partial charge is 0.129 e. The van der Waals surface area contributed by atoms with Crippen LogP contribution in [0.2, 0.25) is 0 Å². The normalized spacial score (nSPS) is 11.7. The fourth-order valence-corrected chi connectivity index (χ4v) is 2.35. The van der Waals surface area contributed by atoms with Gasteiger partial charge in [0.05, 0.1) is 0 Å². The number of nitrogens with zero attached hydrogens (tertiary/aromatic N) is 2. The first kappa shape index (κ1) is 18.0. The maximum atomic E-state index is 4.86. The number of anilines is 1. The molecule has 1 heterocycles. The first-order valence-corrected chi connectivity index (χ1v) is 8.39. The van der Waals surface area contributed by atoms with E-state index in [0.717, 1.165) is 44.7 Å². The summed E-state index contributed by atoms with van der Waals surface area (Å²) in [5.41, 5.74) is 2.70. The third-order valence-electron chi connectivity index (χ3n) is 3.45. The van der Waals surface area contributed by atoms with Crippen LogP contribution >= 0.6 is 0 Å². The molecule has 0 aliphatic carbocycles. The third kappa shape index (κ3) is 6.47. The molecule has 1 aromatic rings. The van der Waals surface area contributed by atoms with Crippen LogP contribution in [0.4, 0.5) is 5.82 Å². The number of nitrogens with one attached hydrogen (secondary N) is 1. The Hall–Kier alpha value is -1.09. The van der Waals surface area contributed by atoms with Crippen LogP contribution in [-0.4, -0.2) is 23.6 Å². The molecule has 0 spiro atoms. The fraction of sp³-hybridized carbons (Fsp3) is 0.722. The summed E-state index contributed by atoms with van der Waals surface area (Å²) in [7, 11) is 0. The van der Waals surface area contributed by atoms with Gasteiger partial charge in [0, 0.05) is 30.9 Å². The molecule has 21 heavy (non-hydrogen) atoms. The highest BCUT2D eigenvalue weighted by Gasteiger charge is 2.12. The second-order valence-electron chi connectivity index (χ2n) is 6.76. The highest BCUT2D eigenvalue weighted by molar-refractivity contribution is 5.42. The van der Waals surface area contributed by atoms with Crippen LogP contribution in [0.5, 0.6) is 0 Å². The Balaban J connectivity index is 2.98. The van der Waals surface area contributed by atoms with Crippen molar-refractivity contribution < 1.29 is 0 Å². The summed E-state index contributed by atoms with van der Waals surface area (Å²) in [5.74, 6) is 1.14. The minimum Gasteiger partial charge on any atom is -0.357 e. The van der Waals surface area contributed by atoms with E-state index in [1.165, 1.54) is 11.3 Å².